The summed E-state index contributed by atoms with van der Waals surface area (Å²) < 4.78 is 62.8. The summed E-state index contributed by atoms with van der Waals surface area (Å²) in [5.41, 5.74) is 1.78. The van der Waals surface area contributed by atoms with Gasteiger partial charge in [-0.1, -0.05) is 72.8 Å². The molecule has 1 heterocycles. The number of benzene rings is 3. The van der Waals surface area contributed by atoms with E-state index in [9.17, 15) is 22.4 Å². The first-order valence-corrected chi connectivity index (χ1v) is 13.8. The van der Waals surface area contributed by atoms with Crippen molar-refractivity contribution in [2.75, 3.05) is 0 Å². The molecule has 0 N–H and O–H groups in total. The zero-order valence-electron chi connectivity index (χ0n) is 23.6. The first-order valence-electron chi connectivity index (χ1n) is 13.8. The van der Waals surface area contributed by atoms with E-state index in [1.807, 2.05) is 50.3 Å². The van der Waals surface area contributed by atoms with Crippen LogP contribution < -0.4 is 10.2 Å². The molecule has 1 aromatic heterocycles. The van der Waals surface area contributed by atoms with Gasteiger partial charge in [0.2, 0.25) is 0 Å². The number of hydrogen-bond donors (Lipinski definition) is 0. The van der Waals surface area contributed by atoms with Gasteiger partial charge >= 0.3 is 12.5 Å². The lowest BCUT2D eigenvalue weighted by Crippen LogP contribution is -2.32. The number of hydrogen-bond acceptors (Lipinski definition) is 2. The van der Waals surface area contributed by atoms with E-state index in [-0.39, 0.29) is 21.3 Å². The van der Waals surface area contributed by atoms with Gasteiger partial charge in [0, 0.05) is 23.5 Å². The molecule has 4 rings (SSSR count). The minimum Gasteiger partial charge on any atom is -0.457 e. The molecule has 0 aliphatic heterocycles. The number of aryl methyl sites for hydroxylation is 2. The van der Waals surface area contributed by atoms with Crippen molar-refractivity contribution in [3.63, 3.8) is 0 Å². The molecule has 0 aliphatic carbocycles. The Kier molecular flexibility index (Phi) is 10.2. The van der Waals surface area contributed by atoms with Gasteiger partial charge in [-0.25, -0.2) is 8.78 Å². The van der Waals surface area contributed by atoms with Crippen molar-refractivity contribution in [2.24, 2.45) is 0 Å². The summed E-state index contributed by atoms with van der Waals surface area (Å²) in [7, 11) is 0. The van der Waals surface area contributed by atoms with Gasteiger partial charge in [-0.15, -0.1) is 0 Å². The van der Waals surface area contributed by atoms with Gasteiger partial charge in [0.25, 0.3) is 0 Å². The van der Waals surface area contributed by atoms with Crippen molar-refractivity contribution < 1.29 is 22.3 Å². The van der Waals surface area contributed by atoms with Crippen LogP contribution in [0.15, 0.2) is 114 Å². The molecule has 0 radical (unpaired) electrons. The molecule has 0 saturated carbocycles. The molecule has 3 nitrogen and oxygen atoms in total. The standard InChI is InChI=1S/C35H33F4NO2/c1-3-5-8-13-25-19-20-30(26(21-25)14-9-6-4-2)32-24-40(35(38,39)34(36)37)23-31(33(32)41)27-15-12-18-29(22-27)42-28-16-10-7-11-17-28/h3-7,10-12,15-24,34H,8-9,13-14H2,1-2H3. The van der Waals surface area contributed by atoms with Crippen molar-refractivity contribution in [1.29, 1.82) is 0 Å². The Morgan fingerprint density at radius 3 is 2.14 bits per heavy atom. The average Bonchev–Trinajstić information content (AvgIpc) is 2.98. The quantitative estimate of drug-likeness (QED) is 0.124. The van der Waals surface area contributed by atoms with Crippen LogP contribution in [-0.4, -0.2) is 11.0 Å². The largest absolute Gasteiger partial charge is 0.457 e. The molecule has 218 valence electrons. The molecular weight excluding hydrogens is 542 g/mol. The topological polar surface area (TPSA) is 31.2 Å². The zero-order valence-corrected chi connectivity index (χ0v) is 23.6. The third-order valence-corrected chi connectivity index (χ3v) is 6.87. The SMILES string of the molecule is CC=CCCc1ccc(-c2cn(C(F)(F)C(F)F)cc(-c3cccc(Oc4ccccc4)c3)c2=O)c(CCC=CC)c1. The van der Waals surface area contributed by atoms with E-state index in [0.29, 0.717) is 29.9 Å². The molecule has 7 heteroatoms. The third-order valence-electron chi connectivity index (χ3n) is 6.87. The molecule has 0 saturated heterocycles. The molecule has 0 amide bonds. The summed E-state index contributed by atoms with van der Waals surface area (Å²) >= 11 is 0. The zero-order chi connectivity index (χ0) is 30.1. The van der Waals surface area contributed by atoms with Gasteiger partial charge in [0.05, 0.1) is 0 Å². The van der Waals surface area contributed by atoms with Crippen LogP contribution in [0, 0.1) is 0 Å². The van der Waals surface area contributed by atoms with Gasteiger partial charge in [-0.2, -0.15) is 8.78 Å². The van der Waals surface area contributed by atoms with E-state index >= 15 is 0 Å². The highest BCUT2D eigenvalue weighted by Crippen LogP contribution is 2.34. The Labute approximate surface area is 243 Å². The van der Waals surface area contributed by atoms with Gasteiger partial charge in [-0.3, -0.25) is 9.36 Å². The summed E-state index contributed by atoms with van der Waals surface area (Å²) in [4.78, 5) is 14.0. The van der Waals surface area contributed by atoms with Crippen LogP contribution in [0.1, 0.15) is 37.8 Å². The smallest absolute Gasteiger partial charge is 0.389 e. The van der Waals surface area contributed by atoms with Crippen LogP contribution in [0.2, 0.25) is 0 Å². The van der Waals surface area contributed by atoms with Crippen molar-refractivity contribution in [3.8, 4) is 33.8 Å². The fourth-order valence-corrected chi connectivity index (χ4v) is 4.71. The number of allylic oxidation sites excluding steroid dienone is 4. The van der Waals surface area contributed by atoms with Crippen LogP contribution in [0.5, 0.6) is 11.5 Å². The molecule has 0 aliphatic rings. The number of aromatic nitrogens is 1. The Balaban J connectivity index is 1.88. The minimum absolute atomic E-state index is 0.0716. The summed E-state index contributed by atoms with van der Waals surface area (Å²) in [5.74, 6) is 0.915. The Bertz CT molecular complexity index is 1610. The number of alkyl halides is 4. The van der Waals surface area contributed by atoms with Crippen molar-refractivity contribution in [2.45, 2.75) is 52.0 Å². The number of para-hydroxylation sites is 1. The molecule has 0 bridgehead atoms. The Morgan fingerprint density at radius 1 is 0.786 bits per heavy atom. The summed E-state index contributed by atoms with van der Waals surface area (Å²) in [5, 5.41) is 0. The highest BCUT2D eigenvalue weighted by Gasteiger charge is 2.43. The predicted molar refractivity (Wildman–Crippen MR) is 161 cm³/mol. The monoisotopic (exact) mass is 575 g/mol. The van der Waals surface area contributed by atoms with E-state index in [4.69, 9.17) is 4.74 Å². The molecular formula is C35H33F4NO2. The Morgan fingerprint density at radius 2 is 1.45 bits per heavy atom. The van der Waals surface area contributed by atoms with E-state index in [0.717, 1.165) is 36.4 Å². The Hall–Kier alpha value is -4.39. The molecule has 0 spiro atoms. The first kappa shape index (κ1) is 30.6. The van der Waals surface area contributed by atoms with Gasteiger partial charge in [0.15, 0.2) is 5.43 Å². The lowest BCUT2D eigenvalue weighted by Gasteiger charge is -2.22. The summed E-state index contributed by atoms with van der Waals surface area (Å²) in [6, 6.07) is 16.4. The highest BCUT2D eigenvalue weighted by atomic mass is 19.3. The normalized spacial score (nSPS) is 12.1. The predicted octanol–water partition coefficient (Wildman–Crippen LogP) is 9.81. The maximum Gasteiger partial charge on any atom is 0.389 e. The minimum atomic E-state index is -4.53. The van der Waals surface area contributed by atoms with Gasteiger partial charge in [0.1, 0.15) is 11.5 Å². The molecule has 4 aromatic rings. The summed E-state index contributed by atoms with van der Waals surface area (Å²) in [6.45, 7) is 3.85. The van der Waals surface area contributed by atoms with Crippen LogP contribution >= 0.6 is 0 Å². The van der Waals surface area contributed by atoms with E-state index < -0.39 is 17.9 Å². The van der Waals surface area contributed by atoms with Gasteiger partial charge in [-0.05, 0) is 86.1 Å². The third kappa shape index (κ3) is 7.27. The number of ether oxygens (including phenoxy) is 1. The average molecular weight is 576 g/mol. The maximum absolute atomic E-state index is 14.8. The van der Waals surface area contributed by atoms with Crippen molar-refractivity contribution in [3.05, 3.63) is 131 Å². The fourth-order valence-electron chi connectivity index (χ4n) is 4.71. The van der Waals surface area contributed by atoms with Crippen molar-refractivity contribution in [1.82, 2.24) is 4.57 Å². The van der Waals surface area contributed by atoms with E-state index in [1.54, 1.807) is 48.5 Å². The van der Waals surface area contributed by atoms with Crippen LogP contribution in [0.4, 0.5) is 17.6 Å². The fraction of sp³-hybridized carbons (Fsp3) is 0.229. The number of nitrogens with zero attached hydrogens (tertiary/aromatic N) is 1. The lowest BCUT2D eigenvalue weighted by molar-refractivity contribution is -0.189. The molecule has 42 heavy (non-hydrogen) atoms. The summed E-state index contributed by atoms with van der Waals surface area (Å²) in [6.07, 6.45) is 8.39. The van der Waals surface area contributed by atoms with E-state index in [1.165, 1.54) is 6.07 Å². The number of halogens is 4. The second kappa shape index (κ2) is 14.0. The molecule has 3 aromatic carbocycles. The molecule has 0 atom stereocenters. The van der Waals surface area contributed by atoms with Gasteiger partial charge < -0.3 is 4.74 Å². The number of pyridine rings is 1. The maximum atomic E-state index is 14.8. The first-order chi connectivity index (χ1) is 20.2. The number of rotatable bonds is 12. The molecule has 0 unspecified atom stereocenters. The lowest BCUT2D eigenvalue weighted by atomic mass is 9.92. The second-order valence-corrected chi connectivity index (χ2v) is 9.86. The van der Waals surface area contributed by atoms with E-state index in [2.05, 4.69) is 6.08 Å². The highest BCUT2D eigenvalue weighted by molar-refractivity contribution is 5.74. The van der Waals surface area contributed by atoms with Crippen LogP contribution in [-0.2, 0) is 18.9 Å². The second-order valence-electron chi connectivity index (χ2n) is 9.86. The molecule has 0 fully saturated rings. The van der Waals surface area contributed by atoms with Crippen LogP contribution in [0.3, 0.4) is 0 Å². The van der Waals surface area contributed by atoms with Crippen molar-refractivity contribution >= 4 is 0 Å². The van der Waals surface area contributed by atoms with Crippen LogP contribution in [0.25, 0.3) is 22.3 Å².